The van der Waals surface area contributed by atoms with E-state index < -0.39 is 40.5 Å². The molecule has 10 aliphatic rings. The Labute approximate surface area is 779 Å². The van der Waals surface area contributed by atoms with E-state index in [1.807, 2.05) is 156 Å². The molecule has 10 aliphatic heterocycles. The van der Waals surface area contributed by atoms with Gasteiger partial charge in [-0.25, -0.2) is 52.7 Å². The molecular weight excluding hydrogens is 1810 g/mol. The second-order valence-corrected chi connectivity index (χ2v) is 36.3. The van der Waals surface area contributed by atoms with Gasteiger partial charge in [0.15, 0.2) is 18.2 Å². The summed E-state index contributed by atoms with van der Waals surface area (Å²) in [6.07, 6.45) is 23.7. The zero-order valence-corrected chi connectivity index (χ0v) is 75.2. The minimum Gasteiger partial charge on any atom is -0.724 e. The molecule has 18 heterocycles. The van der Waals surface area contributed by atoms with E-state index in [2.05, 4.69) is 65.6 Å². The van der Waals surface area contributed by atoms with Crippen molar-refractivity contribution in [1.29, 1.82) is 0 Å². The fourth-order valence-corrected chi connectivity index (χ4v) is 20.3. The summed E-state index contributed by atoms with van der Waals surface area (Å²) in [6, 6.07) is 43.1. The fraction of sp³-hybridized carbons (Fsp3) is 0.341. The standard InChI is InChI=1S/C21H22N4O4.C20H19N5O2S.C14H15N5O5S2.C14H18N4O3.C13H13N5O2S.C6H5NO2/c26-19(16-8-10-22-11-9-16)12-23-20(27)18-7-6-17-13-24(18)21(28)25(17)29-14-15-4-2-1-3-5-15;26-20-24-12-16(25(20)27-13-14-4-2-1-3-5-14)6-7-17(24)19-23-22-18(28-19)15-8-10-21-11-9-15;1-17-6-4-9(5-7-17)12-15-16-13(25-12)11-3-2-10-8-18(11)14(20)19(10)24-26(21,22)23;15-16-13(19)12-7-6-11-8-17(12)14(20)18(11)21-9-10-4-2-1-3-5-10;19-13-17-7-9(18(13)20)1-2-10(17)12-16-15-11(21-12)8-3-5-14-6-4-8;8-6(9)5-1-3-7-4-2-5/h1-5,8-11,17-18H,6-7,12-14H2,(H,23,27);1-5,8-11,16-17H,6-7,12-13H2;4-7,10-11H,2-3,8H2,1H3;1-5,11-12H,6-9,15H2,(H,16,19);3-6,9-10,20H,1-2,7H2;1-4H,(H,8,9)/t17-,18+;16-,17+;10-,11+;11-,12+;9-,10+;/m11111./s1. The molecule has 10 bridgehead atoms. The number of urea groups is 5. The highest BCUT2D eigenvalue weighted by molar-refractivity contribution is 7.80. The average Bonchev–Trinajstić information content (AvgIpc) is 1.52. The number of piperidine rings is 5. The maximum atomic E-state index is 12.9. The summed E-state index contributed by atoms with van der Waals surface area (Å²) in [5, 5.41) is 57.0. The molecule has 0 saturated carbocycles. The molecule has 0 radical (unpaired) electrons. The summed E-state index contributed by atoms with van der Waals surface area (Å²) in [7, 11) is -3.08. The first-order valence-electron chi connectivity index (χ1n) is 42.9. The lowest BCUT2D eigenvalue weighted by molar-refractivity contribution is -0.671. The highest BCUT2D eigenvalue weighted by Gasteiger charge is 2.53. The number of nitrogens with one attached hydrogen (secondary N) is 2. The summed E-state index contributed by atoms with van der Waals surface area (Å²) in [6.45, 7) is 3.39. The Morgan fingerprint density at radius 1 is 0.433 bits per heavy atom. The van der Waals surface area contributed by atoms with Gasteiger partial charge in [0.2, 0.25) is 16.3 Å². The van der Waals surface area contributed by atoms with Gasteiger partial charge in [0, 0.05) is 117 Å². The highest BCUT2D eigenvalue weighted by atomic mass is 32.3. The van der Waals surface area contributed by atoms with Gasteiger partial charge in [0.25, 0.3) is 5.91 Å². The number of hydrazine groups is 1. The molecule has 10 atom stereocenters. The zero-order valence-electron chi connectivity index (χ0n) is 71.9. The lowest BCUT2D eigenvalue weighted by Crippen LogP contribution is -2.51. The lowest BCUT2D eigenvalue weighted by Gasteiger charge is -2.29. The Hall–Kier alpha value is -13.8. The Morgan fingerprint density at radius 2 is 0.769 bits per heavy atom. The van der Waals surface area contributed by atoms with Crippen LogP contribution in [0, 0.1) is 0 Å². The van der Waals surface area contributed by atoms with Gasteiger partial charge in [-0.05, 0) is 129 Å². The van der Waals surface area contributed by atoms with Crippen LogP contribution in [-0.4, -0.2) is 259 Å². The van der Waals surface area contributed by atoms with E-state index in [9.17, 15) is 61.3 Å². The van der Waals surface area contributed by atoms with Crippen LogP contribution >= 0.6 is 34.0 Å². The minimum absolute atomic E-state index is 0.00281. The molecule has 10 fully saturated rings. The number of hydroxylamine groups is 10. The van der Waals surface area contributed by atoms with E-state index in [1.165, 1.54) is 84.4 Å². The number of benzene rings is 3. The van der Waals surface area contributed by atoms with Gasteiger partial charge in [-0.2, -0.15) is 24.5 Å². The second-order valence-electron chi connectivity index (χ2n) is 32.3. The molecule has 42 nitrogen and oxygen atoms in total. The van der Waals surface area contributed by atoms with Crippen molar-refractivity contribution in [3.05, 3.63) is 256 Å². The van der Waals surface area contributed by atoms with Crippen molar-refractivity contribution in [3.63, 3.8) is 0 Å². The number of carbonyl (C=O) groups is 9. The maximum absolute atomic E-state index is 12.9. The average molecular weight is 1900 g/mol. The Kier molecular flexibility index (Phi) is 29.9. The molecule has 0 aliphatic carbocycles. The number of amides is 12. The smallest absolute Gasteiger partial charge is 0.346 e. The van der Waals surface area contributed by atoms with E-state index >= 15 is 0 Å². The molecule has 6 N–H and O–H groups in total. The first-order valence-corrected chi connectivity index (χ1v) is 46.7. The predicted octanol–water partition coefficient (Wildman–Crippen LogP) is 8.90. The van der Waals surface area contributed by atoms with Crippen molar-refractivity contribution in [3.8, 4) is 31.7 Å². The molecule has 46 heteroatoms. The summed E-state index contributed by atoms with van der Waals surface area (Å²) < 4.78 is 38.8. The predicted molar refractivity (Wildman–Crippen MR) is 475 cm³/mol. The first kappa shape index (κ1) is 93.4. The molecule has 8 aromatic heterocycles. The molecule has 3 aromatic carbocycles. The number of aromatic carboxylic acids is 1. The lowest BCUT2D eigenvalue weighted by atomic mass is 10.00. The van der Waals surface area contributed by atoms with E-state index in [0.717, 1.165) is 95.6 Å². The Morgan fingerprint density at radius 3 is 1.16 bits per heavy atom. The number of nitrogens with two attached hydrogens (primary N) is 1. The highest BCUT2D eigenvalue weighted by Crippen LogP contribution is 2.45. The number of hydrogen-bond donors (Lipinski definition) is 5. The Bertz CT molecular complexity index is 6050. The number of aryl methyl sites for hydroxylation is 1. The normalized spacial score (nSPS) is 21.7. The molecular formula is C88H92N24O18S4. The van der Waals surface area contributed by atoms with Gasteiger partial charge in [0.05, 0.1) is 60.4 Å². The van der Waals surface area contributed by atoms with Crippen LogP contribution in [0.2, 0.25) is 0 Å². The number of carboxylic acids is 1. The molecule has 10 saturated heterocycles. The topological polar surface area (TPSA) is 503 Å². The van der Waals surface area contributed by atoms with Crippen LogP contribution in [0.1, 0.15) is 135 Å². The van der Waals surface area contributed by atoms with Crippen molar-refractivity contribution in [1.82, 2.24) is 111 Å². The van der Waals surface area contributed by atoms with Gasteiger partial charge in [-0.3, -0.25) is 59.5 Å². The fourth-order valence-electron chi connectivity index (χ4n) is 16.9. The SMILES string of the molecule is C[n+]1ccc(-c2nnc([C@@H]3CC[C@@H]4CN3C(=O)N4OS(=O)(=O)[O-])s2)cc1.NNC(=O)[C@@H]1CC[C@@H]2CN1C(=O)N2OCc1ccccc1.O=C(CNC(=O)[C@@H]1CC[C@@H]2CN1C(=O)N2OCc1ccccc1)c1ccncc1.O=C(O)c1ccncc1.O=C1N(O)[C@@H]2CC[C@@H](c3nnc(-c4ccncc4)s3)N1C2.O=C1N2C[C@@H](CC[C@H]2c2nnc(-c3ccncc3)s2)N1OCc1ccccc1. The van der Waals surface area contributed by atoms with Gasteiger partial charge >= 0.3 is 36.1 Å². The number of aromatic nitrogens is 11. The van der Waals surface area contributed by atoms with Crippen molar-refractivity contribution in [2.24, 2.45) is 12.9 Å². The van der Waals surface area contributed by atoms with E-state index in [4.69, 9.17) is 25.5 Å². The van der Waals surface area contributed by atoms with E-state index in [0.29, 0.717) is 93.7 Å². The molecule has 21 rings (SSSR count). The molecule has 0 unspecified atom stereocenters. The monoisotopic (exact) mass is 1900 g/mol. The third-order valence-electron chi connectivity index (χ3n) is 23.8. The van der Waals surface area contributed by atoms with Gasteiger partial charge < -0.3 is 39.5 Å². The molecule has 134 heavy (non-hydrogen) atoms. The number of pyridine rings is 5. The van der Waals surface area contributed by atoms with Crippen LogP contribution in [0.4, 0.5) is 24.0 Å². The quantitative estimate of drug-likeness (QED) is 0.00583. The number of hydrogen-bond acceptors (Lipinski definition) is 31. The van der Waals surface area contributed by atoms with Crippen LogP contribution in [0.25, 0.3) is 31.7 Å². The Balaban J connectivity index is 0.000000119. The third-order valence-corrected chi connectivity index (χ3v) is 27.4. The number of fused-ring (bicyclic) bond motifs is 10. The van der Waals surface area contributed by atoms with Crippen molar-refractivity contribution in [2.75, 3.05) is 39.3 Å². The first-order chi connectivity index (χ1) is 65.0. The number of rotatable bonds is 23. The number of carbonyl (C=O) groups excluding carboxylic acids is 8. The van der Waals surface area contributed by atoms with Crippen LogP contribution in [0.5, 0.6) is 0 Å². The van der Waals surface area contributed by atoms with Crippen LogP contribution in [0.3, 0.4) is 0 Å². The van der Waals surface area contributed by atoms with Crippen LogP contribution in [-0.2, 0) is 65.7 Å². The van der Waals surface area contributed by atoms with Crippen molar-refractivity contribution >= 4 is 98.1 Å². The number of carboxylic acid groups (broad SMARTS) is 1. The molecule has 11 aromatic rings. The largest absolute Gasteiger partial charge is 0.724 e. The molecule has 0 spiro atoms. The van der Waals surface area contributed by atoms with E-state index in [-0.39, 0.29) is 103 Å². The minimum atomic E-state index is -5.00. The maximum Gasteiger partial charge on any atom is 0.346 e. The number of Topliss-reactive ketones (excluding diaryl/α,β-unsaturated/α-hetero) is 1. The van der Waals surface area contributed by atoms with Gasteiger partial charge in [-0.15, -0.1) is 30.6 Å². The zero-order chi connectivity index (χ0) is 93.5. The van der Waals surface area contributed by atoms with Crippen LogP contribution in [0.15, 0.2) is 214 Å². The van der Waals surface area contributed by atoms with E-state index in [1.54, 1.807) is 58.2 Å². The van der Waals surface area contributed by atoms with Gasteiger partial charge in [0.1, 0.15) is 69.0 Å². The van der Waals surface area contributed by atoms with Crippen molar-refractivity contribution in [2.45, 2.75) is 144 Å². The number of nitrogens with zero attached hydrogens (tertiary/aromatic N) is 21. The van der Waals surface area contributed by atoms with Gasteiger partial charge in [-0.1, -0.05) is 125 Å². The summed E-state index contributed by atoms with van der Waals surface area (Å²) in [5.74, 6) is 3.40. The molecule has 696 valence electrons. The second kappa shape index (κ2) is 42.8. The summed E-state index contributed by atoms with van der Waals surface area (Å²) in [5.41, 5.74) is 8.79. The third kappa shape index (κ3) is 22.1. The molecule has 12 amide bonds. The van der Waals surface area contributed by atoms with Crippen LogP contribution < -0.4 is 21.2 Å². The summed E-state index contributed by atoms with van der Waals surface area (Å²) >= 11 is 4.42. The number of ketones is 1. The summed E-state index contributed by atoms with van der Waals surface area (Å²) in [4.78, 5) is 150. The van der Waals surface area contributed by atoms with Crippen molar-refractivity contribution < 1.29 is 89.8 Å².